The van der Waals surface area contributed by atoms with E-state index in [0.717, 1.165) is 22.3 Å². The van der Waals surface area contributed by atoms with Crippen LogP contribution in [0.2, 0.25) is 0 Å². The third kappa shape index (κ3) is 3.32. The highest BCUT2D eigenvalue weighted by molar-refractivity contribution is 5.88. The molecule has 1 saturated heterocycles. The molecule has 1 aliphatic carbocycles. The average molecular weight is 395 g/mol. The molecule has 2 aliphatic rings. The monoisotopic (exact) mass is 395 g/mol. The van der Waals surface area contributed by atoms with Crippen molar-refractivity contribution in [2.24, 2.45) is 5.92 Å². The summed E-state index contributed by atoms with van der Waals surface area (Å²) in [5.74, 6) is -2.28. The van der Waals surface area contributed by atoms with Crippen molar-refractivity contribution >= 4 is 11.9 Å². The molecule has 2 aromatic carbocycles. The highest BCUT2D eigenvalue weighted by atomic mass is 16.5. The molecule has 0 spiro atoms. The maximum atomic E-state index is 12.9. The normalized spacial score (nSPS) is 22.9. The molecule has 0 amide bonds. The molecule has 2 N–H and O–H groups in total. The van der Waals surface area contributed by atoms with Crippen LogP contribution < -0.4 is 5.32 Å². The summed E-state index contributed by atoms with van der Waals surface area (Å²) >= 11 is 0. The van der Waals surface area contributed by atoms with Gasteiger partial charge < -0.3 is 19.9 Å². The highest BCUT2D eigenvalue weighted by Gasteiger charge is 2.53. The van der Waals surface area contributed by atoms with Gasteiger partial charge in [-0.25, -0.2) is 0 Å². The van der Waals surface area contributed by atoms with E-state index in [1.165, 1.54) is 7.11 Å². The molecule has 4 rings (SSSR count). The van der Waals surface area contributed by atoms with Crippen molar-refractivity contribution in [3.05, 3.63) is 59.7 Å². The number of benzene rings is 2. The van der Waals surface area contributed by atoms with Crippen LogP contribution in [0.1, 0.15) is 29.9 Å². The number of rotatable bonds is 7. The fourth-order valence-electron chi connectivity index (χ4n) is 4.69. The zero-order valence-corrected chi connectivity index (χ0v) is 16.4. The smallest absolute Gasteiger partial charge is 0.324 e. The lowest BCUT2D eigenvalue weighted by Gasteiger charge is -2.30. The van der Waals surface area contributed by atoms with Gasteiger partial charge in [0.2, 0.25) is 0 Å². The SMILES string of the molecule is COCC[C@]1(C(=O)O)NCCC1C(=O)OCC1c2ccccc2-c2ccccc21. The van der Waals surface area contributed by atoms with Gasteiger partial charge in [-0.3, -0.25) is 9.59 Å². The predicted octanol–water partition coefficient (Wildman–Crippen LogP) is 2.81. The fourth-order valence-corrected chi connectivity index (χ4v) is 4.69. The number of fused-ring (bicyclic) bond motifs is 3. The van der Waals surface area contributed by atoms with E-state index in [4.69, 9.17) is 9.47 Å². The topological polar surface area (TPSA) is 84.9 Å². The molecule has 2 aromatic rings. The number of methoxy groups -OCH3 is 1. The fraction of sp³-hybridized carbons (Fsp3) is 0.391. The Balaban J connectivity index is 1.53. The van der Waals surface area contributed by atoms with Gasteiger partial charge in [0.25, 0.3) is 0 Å². The van der Waals surface area contributed by atoms with E-state index >= 15 is 0 Å². The van der Waals surface area contributed by atoms with Gasteiger partial charge in [0.05, 0.1) is 5.92 Å². The lowest BCUT2D eigenvalue weighted by atomic mass is 9.82. The zero-order chi connectivity index (χ0) is 20.4. The van der Waals surface area contributed by atoms with Crippen LogP contribution in [-0.4, -0.2) is 49.5 Å². The Bertz CT molecular complexity index is 881. The van der Waals surface area contributed by atoms with Crippen LogP contribution in [0.25, 0.3) is 11.1 Å². The number of aliphatic carboxylic acids is 1. The predicted molar refractivity (Wildman–Crippen MR) is 108 cm³/mol. The zero-order valence-electron chi connectivity index (χ0n) is 16.4. The van der Waals surface area contributed by atoms with Gasteiger partial charge in [0.1, 0.15) is 12.1 Å². The number of nitrogens with one attached hydrogen (secondary N) is 1. The Kier molecular flexibility index (Phi) is 5.39. The number of carbonyl (C=O) groups excluding carboxylic acids is 1. The third-order valence-corrected chi connectivity index (χ3v) is 6.19. The van der Waals surface area contributed by atoms with Crippen LogP contribution in [0.5, 0.6) is 0 Å². The first-order valence-electron chi connectivity index (χ1n) is 9.90. The van der Waals surface area contributed by atoms with Gasteiger partial charge in [0, 0.05) is 26.1 Å². The second-order valence-electron chi connectivity index (χ2n) is 7.64. The first-order chi connectivity index (χ1) is 14.1. The molecule has 1 heterocycles. The lowest BCUT2D eigenvalue weighted by Crippen LogP contribution is -2.55. The van der Waals surface area contributed by atoms with Gasteiger partial charge in [-0.05, 0) is 35.2 Å². The van der Waals surface area contributed by atoms with Crippen molar-refractivity contribution in [2.45, 2.75) is 24.3 Å². The molecule has 2 atom stereocenters. The highest BCUT2D eigenvalue weighted by Crippen LogP contribution is 2.44. The first kappa shape index (κ1) is 19.6. The summed E-state index contributed by atoms with van der Waals surface area (Å²) in [7, 11) is 1.52. The van der Waals surface area contributed by atoms with Crippen LogP contribution in [0.3, 0.4) is 0 Å². The minimum atomic E-state index is -1.33. The minimum absolute atomic E-state index is 0.0427. The second-order valence-corrected chi connectivity index (χ2v) is 7.64. The lowest BCUT2D eigenvalue weighted by molar-refractivity contribution is -0.159. The van der Waals surface area contributed by atoms with Crippen LogP contribution in [-0.2, 0) is 19.1 Å². The van der Waals surface area contributed by atoms with Crippen molar-refractivity contribution in [3.8, 4) is 11.1 Å². The molecule has 1 unspecified atom stereocenters. The van der Waals surface area contributed by atoms with Crippen molar-refractivity contribution in [2.75, 3.05) is 26.9 Å². The van der Waals surface area contributed by atoms with Gasteiger partial charge in [-0.15, -0.1) is 0 Å². The molecule has 1 fully saturated rings. The largest absolute Gasteiger partial charge is 0.480 e. The van der Waals surface area contributed by atoms with Gasteiger partial charge in [-0.1, -0.05) is 48.5 Å². The van der Waals surface area contributed by atoms with Gasteiger partial charge >= 0.3 is 11.9 Å². The quantitative estimate of drug-likeness (QED) is 0.702. The summed E-state index contributed by atoms with van der Waals surface area (Å²) in [5, 5.41) is 12.8. The van der Waals surface area contributed by atoms with Crippen molar-refractivity contribution in [3.63, 3.8) is 0 Å². The summed E-state index contributed by atoms with van der Waals surface area (Å²) in [6.07, 6.45) is 0.653. The number of esters is 1. The van der Waals surface area contributed by atoms with E-state index in [-0.39, 0.29) is 25.6 Å². The Morgan fingerprint density at radius 2 is 1.72 bits per heavy atom. The van der Waals surface area contributed by atoms with E-state index in [9.17, 15) is 14.7 Å². The summed E-state index contributed by atoms with van der Waals surface area (Å²) in [5.41, 5.74) is 3.25. The van der Waals surface area contributed by atoms with Gasteiger partial charge in [-0.2, -0.15) is 0 Å². The molecule has 0 bridgehead atoms. The van der Waals surface area contributed by atoms with Crippen LogP contribution >= 0.6 is 0 Å². The summed E-state index contributed by atoms with van der Waals surface area (Å²) in [6, 6.07) is 16.3. The van der Waals surface area contributed by atoms with E-state index < -0.39 is 23.4 Å². The number of hydrogen-bond donors (Lipinski definition) is 2. The molecule has 0 radical (unpaired) electrons. The van der Waals surface area contributed by atoms with Crippen molar-refractivity contribution in [1.82, 2.24) is 5.32 Å². The number of carboxylic acid groups (broad SMARTS) is 1. The summed E-state index contributed by atoms with van der Waals surface area (Å²) in [4.78, 5) is 24.9. The summed E-state index contributed by atoms with van der Waals surface area (Å²) in [6.45, 7) is 0.917. The molecular formula is C23H25NO5. The number of carboxylic acids is 1. The first-order valence-corrected chi connectivity index (χ1v) is 9.90. The van der Waals surface area contributed by atoms with E-state index in [0.29, 0.717) is 13.0 Å². The van der Waals surface area contributed by atoms with Crippen molar-refractivity contribution < 1.29 is 24.2 Å². The molecule has 1 aliphatic heterocycles. The van der Waals surface area contributed by atoms with E-state index in [2.05, 4.69) is 29.6 Å². The van der Waals surface area contributed by atoms with Gasteiger partial charge in [0.15, 0.2) is 0 Å². The second kappa shape index (κ2) is 7.97. The molecule has 152 valence electrons. The van der Waals surface area contributed by atoms with E-state index in [1.54, 1.807) is 0 Å². The standard InChI is InChI=1S/C23H25NO5/c1-28-13-11-23(22(26)27)20(10-12-24-23)21(25)29-14-19-17-8-4-2-6-15(17)16-7-3-5-9-18(16)19/h2-9,19-20,24H,10-14H2,1H3,(H,26,27)/t20?,23-/m0/s1. The Labute approximate surface area is 169 Å². The number of ether oxygens (including phenoxy) is 2. The van der Waals surface area contributed by atoms with Crippen LogP contribution in [0.15, 0.2) is 48.5 Å². The van der Waals surface area contributed by atoms with Crippen LogP contribution in [0, 0.1) is 5.92 Å². The van der Waals surface area contributed by atoms with Crippen molar-refractivity contribution in [1.29, 1.82) is 0 Å². The molecule has 29 heavy (non-hydrogen) atoms. The maximum Gasteiger partial charge on any atom is 0.324 e. The average Bonchev–Trinajstić information content (AvgIpc) is 3.31. The Morgan fingerprint density at radius 3 is 2.31 bits per heavy atom. The maximum absolute atomic E-state index is 12.9. The van der Waals surface area contributed by atoms with E-state index in [1.807, 2.05) is 24.3 Å². The molecule has 6 nitrogen and oxygen atoms in total. The summed E-state index contributed by atoms with van der Waals surface area (Å²) < 4.78 is 10.8. The molecule has 0 aromatic heterocycles. The number of carbonyl (C=O) groups is 2. The Hall–Kier alpha value is -2.70. The molecule has 6 heteroatoms. The molecular weight excluding hydrogens is 370 g/mol. The Morgan fingerprint density at radius 1 is 1.10 bits per heavy atom. The minimum Gasteiger partial charge on any atom is -0.480 e. The third-order valence-electron chi connectivity index (χ3n) is 6.19. The number of hydrogen-bond acceptors (Lipinski definition) is 5. The molecule has 0 saturated carbocycles. The van der Waals surface area contributed by atoms with Crippen LogP contribution in [0.4, 0.5) is 0 Å².